The van der Waals surface area contributed by atoms with Crippen molar-refractivity contribution < 1.29 is 9.90 Å². The number of nitrogens with two attached hydrogens (primary N) is 1. The summed E-state index contributed by atoms with van der Waals surface area (Å²) >= 11 is 0. The van der Waals surface area contributed by atoms with Gasteiger partial charge in [0.25, 0.3) is 5.91 Å². The van der Waals surface area contributed by atoms with Crippen molar-refractivity contribution >= 4 is 5.91 Å². The molecule has 0 saturated carbocycles. The lowest BCUT2D eigenvalue weighted by Crippen LogP contribution is -2.49. The van der Waals surface area contributed by atoms with Gasteiger partial charge >= 0.3 is 0 Å². The molecule has 4 nitrogen and oxygen atoms in total. The van der Waals surface area contributed by atoms with Gasteiger partial charge in [-0.3, -0.25) is 4.79 Å². The highest BCUT2D eigenvalue weighted by Gasteiger charge is 2.23. The third-order valence-electron chi connectivity index (χ3n) is 2.67. The molecule has 0 heterocycles. The second-order valence-electron chi connectivity index (χ2n) is 4.44. The summed E-state index contributed by atoms with van der Waals surface area (Å²) in [5, 5.41) is 12.4. The van der Waals surface area contributed by atoms with Gasteiger partial charge in [0.1, 0.15) is 6.10 Å². The lowest BCUT2D eigenvalue weighted by Gasteiger charge is -2.22. The van der Waals surface area contributed by atoms with E-state index in [1.54, 1.807) is 0 Å². The van der Waals surface area contributed by atoms with E-state index >= 15 is 0 Å². The minimum atomic E-state index is -1.09. The van der Waals surface area contributed by atoms with E-state index in [1.165, 1.54) is 0 Å². The maximum absolute atomic E-state index is 11.5. The maximum atomic E-state index is 11.5. The molecule has 15 heavy (non-hydrogen) atoms. The first-order valence-corrected chi connectivity index (χ1v) is 5.64. The van der Waals surface area contributed by atoms with Crippen molar-refractivity contribution in [2.24, 2.45) is 11.7 Å². The zero-order chi connectivity index (χ0) is 12.0. The molecule has 0 rings (SSSR count). The fraction of sp³-hybridized carbons (Fsp3) is 0.909. The Morgan fingerprint density at radius 3 is 2.33 bits per heavy atom. The van der Waals surface area contributed by atoms with E-state index in [1.807, 2.05) is 27.7 Å². The molecule has 0 spiro atoms. The molecular formula is C11H24N2O2. The number of aliphatic hydroxyl groups excluding tert-OH is 1. The van der Waals surface area contributed by atoms with Crippen LogP contribution in [0.1, 0.15) is 40.5 Å². The van der Waals surface area contributed by atoms with Crippen LogP contribution in [0.5, 0.6) is 0 Å². The second kappa shape index (κ2) is 6.80. The van der Waals surface area contributed by atoms with E-state index in [0.29, 0.717) is 12.3 Å². The molecule has 0 aromatic heterocycles. The second-order valence-corrected chi connectivity index (χ2v) is 4.44. The molecule has 0 aromatic carbocycles. The molecule has 0 aliphatic rings. The summed E-state index contributed by atoms with van der Waals surface area (Å²) in [6.07, 6.45) is 0.432. The summed E-state index contributed by atoms with van der Waals surface area (Å²) in [7, 11) is 0. The minimum absolute atomic E-state index is 0.0565. The number of carbonyl (C=O) groups excluding carboxylic acids is 1. The van der Waals surface area contributed by atoms with E-state index in [9.17, 15) is 9.90 Å². The molecule has 1 amide bonds. The first kappa shape index (κ1) is 14.4. The van der Waals surface area contributed by atoms with Gasteiger partial charge in [-0.25, -0.2) is 0 Å². The van der Waals surface area contributed by atoms with Crippen LogP contribution in [-0.4, -0.2) is 29.2 Å². The van der Waals surface area contributed by atoms with Crippen LogP contribution in [0.15, 0.2) is 0 Å². The smallest absolute Gasteiger partial charge is 0.250 e. The van der Waals surface area contributed by atoms with Crippen molar-refractivity contribution in [2.45, 2.75) is 58.7 Å². The third-order valence-corrected chi connectivity index (χ3v) is 2.67. The van der Waals surface area contributed by atoms with Crippen LogP contribution in [-0.2, 0) is 4.79 Å². The molecular weight excluding hydrogens is 192 g/mol. The van der Waals surface area contributed by atoms with Crippen LogP contribution < -0.4 is 11.1 Å². The van der Waals surface area contributed by atoms with E-state index in [2.05, 4.69) is 5.32 Å². The Hall–Kier alpha value is -0.610. The number of nitrogens with one attached hydrogen (secondary N) is 1. The van der Waals surface area contributed by atoms with Gasteiger partial charge in [-0.2, -0.15) is 0 Å². The quantitative estimate of drug-likeness (QED) is 0.610. The molecule has 90 valence electrons. The summed E-state index contributed by atoms with van der Waals surface area (Å²) in [4.78, 5) is 11.5. The summed E-state index contributed by atoms with van der Waals surface area (Å²) in [6.45, 7) is 7.93. The Kier molecular flexibility index (Phi) is 6.52. The molecule has 0 fully saturated rings. The Morgan fingerprint density at radius 1 is 1.40 bits per heavy atom. The molecule has 0 aliphatic heterocycles. The average molecular weight is 216 g/mol. The van der Waals surface area contributed by atoms with Gasteiger partial charge in [0.2, 0.25) is 0 Å². The topological polar surface area (TPSA) is 75.3 Å². The molecule has 0 saturated heterocycles. The minimum Gasteiger partial charge on any atom is -0.382 e. The first-order chi connectivity index (χ1) is 6.90. The molecule has 4 N–H and O–H groups in total. The van der Waals surface area contributed by atoms with Crippen LogP contribution >= 0.6 is 0 Å². The van der Waals surface area contributed by atoms with E-state index in [-0.39, 0.29) is 11.9 Å². The monoisotopic (exact) mass is 216 g/mol. The lowest BCUT2D eigenvalue weighted by molar-refractivity contribution is -0.131. The van der Waals surface area contributed by atoms with Crippen molar-refractivity contribution in [1.82, 2.24) is 5.32 Å². The van der Waals surface area contributed by atoms with Gasteiger partial charge in [0.05, 0.1) is 0 Å². The predicted octanol–water partition coefficient (Wildman–Crippen LogP) is 0.635. The largest absolute Gasteiger partial charge is 0.382 e. The zero-order valence-corrected chi connectivity index (χ0v) is 10.2. The highest BCUT2D eigenvalue weighted by atomic mass is 16.3. The Labute approximate surface area is 92.2 Å². The third kappa shape index (κ3) is 5.14. The Balaban J connectivity index is 4.09. The van der Waals surface area contributed by atoms with Crippen LogP contribution in [0.3, 0.4) is 0 Å². The summed E-state index contributed by atoms with van der Waals surface area (Å²) in [6, 6.07) is -0.407. The Bertz CT molecular complexity index is 195. The molecule has 0 bridgehead atoms. The number of hydrogen-bond donors (Lipinski definition) is 3. The molecule has 0 aliphatic carbocycles. The van der Waals surface area contributed by atoms with Crippen LogP contribution in [0.25, 0.3) is 0 Å². The summed E-state index contributed by atoms with van der Waals surface area (Å²) in [5.41, 5.74) is 5.67. The number of rotatable bonds is 6. The highest BCUT2D eigenvalue weighted by molar-refractivity contribution is 5.81. The van der Waals surface area contributed by atoms with Crippen molar-refractivity contribution in [3.63, 3.8) is 0 Å². The van der Waals surface area contributed by atoms with Gasteiger partial charge in [-0.1, -0.05) is 27.2 Å². The molecule has 2 unspecified atom stereocenters. The van der Waals surface area contributed by atoms with E-state index < -0.39 is 12.1 Å². The molecule has 3 atom stereocenters. The number of hydrogen-bond acceptors (Lipinski definition) is 3. The number of aliphatic hydroxyl groups is 1. The van der Waals surface area contributed by atoms with Gasteiger partial charge in [-0.15, -0.1) is 0 Å². The lowest BCUT2D eigenvalue weighted by atomic mass is 10.0. The van der Waals surface area contributed by atoms with Gasteiger partial charge in [-0.05, 0) is 19.3 Å². The van der Waals surface area contributed by atoms with Crippen molar-refractivity contribution in [1.29, 1.82) is 0 Å². The normalized spacial score (nSPS) is 17.3. The Morgan fingerprint density at radius 2 is 1.93 bits per heavy atom. The predicted molar refractivity (Wildman–Crippen MR) is 61.3 cm³/mol. The maximum Gasteiger partial charge on any atom is 0.250 e. The van der Waals surface area contributed by atoms with Gasteiger partial charge in [0.15, 0.2) is 0 Å². The number of carbonyl (C=O) groups is 1. The summed E-state index contributed by atoms with van der Waals surface area (Å²) < 4.78 is 0. The van der Waals surface area contributed by atoms with Crippen LogP contribution in [0.4, 0.5) is 0 Å². The standard InChI is InChI=1S/C11H24N2O2/c1-5-6-9(12)10(14)11(15)13-8(4)7(2)3/h7-10,14H,5-6,12H2,1-4H3,(H,13,15)/t8-,9?,10?/m0/s1. The summed E-state index contributed by atoms with van der Waals surface area (Å²) in [5.74, 6) is -0.0132. The SMILES string of the molecule is CCCC(N)C(O)C(=O)N[C@@H](C)C(C)C. The molecule has 0 radical (unpaired) electrons. The fourth-order valence-corrected chi connectivity index (χ4v) is 1.16. The number of amides is 1. The van der Waals surface area contributed by atoms with Crippen molar-refractivity contribution in [3.8, 4) is 0 Å². The average Bonchev–Trinajstić information content (AvgIpc) is 2.16. The van der Waals surface area contributed by atoms with Crippen molar-refractivity contribution in [2.75, 3.05) is 0 Å². The van der Waals surface area contributed by atoms with E-state index in [0.717, 1.165) is 6.42 Å². The highest BCUT2D eigenvalue weighted by Crippen LogP contribution is 2.03. The fourth-order valence-electron chi connectivity index (χ4n) is 1.16. The van der Waals surface area contributed by atoms with Gasteiger partial charge < -0.3 is 16.2 Å². The van der Waals surface area contributed by atoms with Crippen LogP contribution in [0.2, 0.25) is 0 Å². The molecule has 0 aromatic rings. The zero-order valence-electron chi connectivity index (χ0n) is 10.2. The first-order valence-electron chi connectivity index (χ1n) is 5.64. The van der Waals surface area contributed by atoms with Crippen molar-refractivity contribution in [3.05, 3.63) is 0 Å². The van der Waals surface area contributed by atoms with E-state index in [4.69, 9.17) is 5.73 Å². The van der Waals surface area contributed by atoms with Gasteiger partial charge in [0, 0.05) is 12.1 Å². The van der Waals surface area contributed by atoms with Crippen LogP contribution in [0, 0.1) is 5.92 Å². The molecule has 4 heteroatoms.